The molecular weight excluding hydrogens is 150 g/mol. The lowest BCUT2D eigenvalue weighted by molar-refractivity contribution is 0.0545. The maximum absolute atomic E-state index is 9.90. The van der Waals surface area contributed by atoms with Crippen LogP contribution in [-0.4, -0.2) is 35.2 Å². The Kier molecular flexibility index (Phi) is 3.13. The van der Waals surface area contributed by atoms with E-state index < -0.39 is 5.60 Å². The molecule has 1 aliphatic heterocycles. The van der Waals surface area contributed by atoms with Crippen LogP contribution in [0.3, 0.4) is 0 Å². The Morgan fingerprint density at radius 3 is 3.00 bits per heavy atom. The zero-order chi connectivity index (χ0) is 9.03. The first-order chi connectivity index (χ1) is 5.70. The lowest BCUT2D eigenvalue weighted by Gasteiger charge is -2.20. The molecule has 2 nitrogen and oxygen atoms in total. The molecule has 1 saturated heterocycles. The Balaban J connectivity index is 2.39. The van der Waals surface area contributed by atoms with Gasteiger partial charge in [-0.05, 0) is 19.4 Å². The number of likely N-dealkylation sites (tertiary alicyclic amines) is 1. The summed E-state index contributed by atoms with van der Waals surface area (Å²) in [6, 6.07) is 0. The second kappa shape index (κ2) is 3.93. The van der Waals surface area contributed by atoms with Gasteiger partial charge in [0.2, 0.25) is 0 Å². The minimum Gasteiger partial charge on any atom is -0.388 e. The molecule has 0 amide bonds. The van der Waals surface area contributed by atoms with E-state index in [0.717, 1.165) is 32.5 Å². The molecule has 0 aromatic rings. The number of terminal acetylenes is 1. The summed E-state index contributed by atoms with van der Waals surface area (Å²) in [7, 11) is 0. The molecule has 1 aliphatic rings. The molecule has 12 heavy (non-hydrogen) atoms. The Bertz CT molecular complexity index is 185. The van der Waals surface area contributed by atoms with Gasteiger partial charge in [0.05, 0.1) is 5.60 Å². The summed E-state index contributed by atoms with van der Waals surface area (Å²) in [6.45, 7) is 4.97. The fourth-order valence-electron chi connectivity index (χ4n) is 1.78. The summed E-state index contributed by atoms with van der Waals surface area (Å²) in [5.74, 6) is 2.54. The van der Waals surface area contributed by atoms with Gasteiger partial charge in [0.15, 0.2) is 0 Å². The third kappa shape index (κ3) is 2.23. The highest BCUT2D eigenvalue weighted by Crippen LogP contribution is 2.23. The van der Waals surface area contributed by atoms with Crippen molar-refractivity contribution in [1.29, 1.82) is 0 Å². The van der Waals surface area contributed by atoms with E-state index in [9.17, 15) is 5.11 Å². The monoisotopic (exact) mass is 167 g/mol. The van der Waals surface area contributed by atoms with E-state index in [1.165, 1.54) is 0 Å². The van der Waals surface area contributed by atoms with Crippen molar-refractivity contribution in [3.8, 4) is 12.3 Å². The van der Waals surface area contributed by atoms with Gasteiger partial charge in [-0.3, -0.25) is 0 Å². The third-order valence-corrected chi connectivity index (χ3v) is 2.38. The van der Waals surface area contributed by atoms with Crippen LogP contribution in [0.1, 0.15) is 26.2 Å². The van der Waals surface area contributed by atoms with E-state index in [-0.39, 0.29) is 0 Å². The third-order valence-electron chi connectivity index (χ3n) is 2.38. The van der Waals surface area contributed by atoms with Crippen LogP contribution in [-0.2, 0) is 0 Å². The summed E-state index contributed by atoms with van der Waals surface area (Å²) >= 11 is 0. The zero-order valence-corrected chi connectivity index (χ0v) is 7.71. The maximum atomic E-state index is 9.90. The average Bonchev–Trinajstić information content (AvgIpc) is 2.34. The first kappa shape index (κ1) is 9.57. The second-order valence-corrected chi connectivity index (χ2v) is 3.63. The summed E-state index contributed by atoms with van der Waals surface area (Å²) in [5, 5.41) is 9.90. The predicted octanol–water partition coefficient (Wildman–Crippen LogP) is 0.857. The molecule has 1 rings (SSSR count). The van der Waals surface area contributed by atoms with E-state index >= 15 is 0 Å². The molecule has 1 unspecified atom stereocenters. The largest absolute Gasteiger partial charge is 0.388 e. The van der Waals surface area contributed by atoms with Crippen LogP contribution in [0.25, 0.3) is 0 Å². The van der Waals surface area contributed by atoms with Gasteiger partial charge in [0, 0.05) is 19.5 Å². The average molecular weight is 167 g/mol. The lowest BCUT2D eigenvalue weighted by Crippen LogP contribution is -2.32. The van der Waals surface area contributed by atoms with Gasteiger partial charge in [-0.25, -0.2) is 0 Å². The topological polar surface area (TPSA) is 23.5 Å². The molecule has 2 heteroatoms. The highest BCUT2D eigenvalue weighted by molar-refractivity contribution is 5.00. The molecule has 0 saturated carbocycles. The molecule has 1 N–H and O–H groups in total. The van der Waals surface area contributed by atoms with Crippen LogP contribution in [0.15, 0.2) is 0 Å². The fraction of sp³-hybridized carbons (Fsp3) is 0.800. The number of hydrogen-bond donors (Lipinski definition) is 1. The van der Waals surface area contributed by atoms with Crippen LogP contribution < -0.4 is 0 Å². The predicted molar refractivity (Wildman–Crippen MR) is 49.7 cm³/mol. The summed E-state index contributed by atoms with van der Waals surface area (Å²) in [6.07, 6.45) is 7.65. The van der Waals surface area contributed by atoms with Crippen molar-refractivity contribution in [1.82, 2.24) is 4.90 Å². The van der Waals surface area contributed by atoms with Gasteiger partial charge in [-0.1, -0.05) is 6.92 Å². The highest BCUT2D eigenvalue weighted by Gasteiger charge is 2.34. The molecule has 1 heterocycles. The molecule has 0 radical (unpaired) electrons. The molecule has 0 aromatic heterocycles. The first-order valence-corrected chi connectivity index (χ1v) is 4.58. The van der Waals surface area contributed by atoms with E-state index in [1.807, 2.05) is 0 Å². The van der Waals surface area contributed by atoms with Crippen LogP contribution in [0.5, 0.6) is 0 Å². The van der Waals surface area contributed by atoms with E-state index in [1.54, 1.807) is 0 Å². The normalized spacial score (nSPS) is 30.4. The number of β-amino-alcohol motifs (C(OH)–C–C–N with tert-alkyl or cyclic N) is 1. The fourth-order valence-corrected chi connectivity index (χ4v) is 1.78. The standard InChI is InChI=1S/C10H17NO/c1-3-5-10(12)6-8-11(9-10)7-4-2/h1,12H,4-9H2,2H3. The Labute approximate surface area is 74.6 Å². The molecule has 0 aromatic carbocycles. The quantitative estimate of drug-likeness (QED) is 0.630. The van der Waals surface area contributed by atoms with Crippen molar-refractivity contribution in [2.75, 3.05) is 19.6 Å². The SMILES string of the molecule is C#CCC1(O)CCN(CCC)C1. The number of nitrogens with zero attached hydrogens (tertiary/aromatic N) is 1. The number of hydrogen-bond acceptors (Lipinski definition) is 2. The molecule has 0 bridgehead atoms. The summed E-state index contributed by atoms with van der Waals surface area (Å²) in [4.78, 5) is 2.28. The number of rotatable bonds is 3. The lowest BCUT2D eigenvalue weighted by atomic mass is 10.00. The highest BCUT2D eigenvalue weighted by atomic mass is 16.3. The van der Waals surface area contributed by atoms with Crippen molar-refractivity contribution in [2.45, 2.75) is 31.8 Å². The molecule has 0 spiro atoms. The van der Waals surface area contributed by atoms with Crippen LogP contribution in [0.4, 0.5) is 0 Å². The van der Waals surface area contributed by atoms with Crippen LogP contribution >= 0.6 is 0 Å². The molecule has 68 valence electrons. The van der Waals surface area contributed by atoms with Crippen molar-refractivity contribution >= 4 is 0 Å². The van der Waals surface area contributed by atoms with Gasteiger partial charge in [0.1, 0.15) is 0 Å². The molecular formula is C10H17NO. The molecule has 1 fully saturated rings. The number of aliphatic hydroxyl groups is 1. The molecule has 1 atom stereocenters. The van der Waals surface area contributed by atoms with Gasteiger partial charge in [-0.15, -0.1) is 12.3 Å². The zero-order valence-electron chi connectivity index (χ0n) is 7.71. The Morgan fingerprint density at radius 2 is 2.42 bits per heavy atom. The van der Waals surface area contributed by atoms with Gasteiger partial charge < -0.3 is 10.0 Å². The molecule has 0 aliphatic carbocycles. The summed E-state index contributed by atoms with van der Waals surface area (Å²) < 4.78 is 0. The van der Waals surface area contributed by atoms with Gasteiger partial charge in [-0.2, -0.15) is 0 Å². The Hall–Kier alpha value is -0.520. The first-order valence-electron chi connectivity index (χ1n) is 4.58. The van der Waals surface area contributed by atoms with Crippen molar-refractivity contribution in [2.24, 2.45) is 0 Å². The van der Waals surface area contributed by atoms with E-state index in [4.69, 9.17) is 6.42 Å². The van der Waals surface area contributed by atoms with E-state index in [0.29, 0.717) is 6.42 Å². The van der Waals surface area contributed by atoms with Gasteiger partial charge >= 0.3 is 0 Å². The van der Waals surface area contributed by atoms with Crippen LogP contribution in [0, 0.1) is 12.3 Å². The van der Waals surface area contributed by atoms with Crippen molar-refractivity contribution < 1.29 is 5.11 Å². The van der Waals surface area contributed by atoms with Crippen LogP contribution in [0.2, 0.25) is 0 Å². The Morgan fingerprint density at radius 1 is 1.67 bits per heavy atom. The van der Waals surface area contributed by atoms with Crippen molar-refractivity contribution in [3.05, 3.63) is 0 Å². The second-order valence-electron chi connectivity index (χ2n) is 3.63. The smallest absolute Gasteiger partial charge is 0.0894 e. The maximum Gasteiger partial charge on any atom is 0.0894 e. The minimum atomic E-state index is -0.593. The van der Waals surface area contributed by atoms with Gasteiger partial charge in [0.25, 0.3) is 0 Å². The summed E-state index contributed by atoms with van der Waals surface area (Å²) in [5.41, 5.74) is -0.593. The minimum absolute atomic E-state index is 0.493. The van der Waals surface area contributed by atoms with Crippen molar-refractivity contribution in [3.63, 3.8) is 0 Å². The van der Waals surface area contributed by atoms with E-state index in [2.05, 4.69) is 17.7 Å².